The molecule has 0 atom stereocenters. The molecule has 0 fully saturated rings. The number of methoxy groups -OCH3 is 1. The lowest BCUT2D eigenvalue weighted by Gasteiger charge is -2.00. The lowest BCUT2D eigenvalue weighted by atomic mass is 10.1. The third-order valence-corrected chi connectivity index (χ3v) is 1.87. The van der Waals surface area contributed by atoms with E-state index in [2.05, 4.69) is 11.7 Å². The Balaban J connectivity index is 2.46. The number of benzene rings is 1. The van der Waals surface area contributed by atoms with Crippen LogP contribution in [-0.4, -0.2) is 13.1 Å². The summed E-state index contributed by atoms with van der Waals surface area (Å²) in [5.74, 6) is -0.168. The lowest BCUT2D eigenvalue weighted by molar-refractivity contribution is -0.140. The van der Waals surface area contributed by atoms with Crippen molar-refractivity contribution in [3.8, 4) is 0 Å². The van der Waals surface area contributed by atoms with Gasteiger partial charge < -0.3 is 4.74 Å². The average molecular weight is 177 g/mol. The Kier molecular flexibility index (Phi) is 3.50. The van der Waals surface area contributed by atoms with Crippen molar-refractivity contribution in [2.45, 2.75) is 12.8 Å². The van der Waals surface area contributed by atoms with E-state index < -0.39 is 0 Å². The molecule has 0 spiro atoms. The summed E-state index contributed by atoms with van der Waals surface area (Å²) >= 11 is 0. The van der Waals surface area contributed by atoms with Crippen LogP contribution in [0.2, 0.25) is 0 Å². The second-order valence-corrected chi connectivity index (χ2v) is 2.89. The summed E-state index contributed by atoms with van der Waals surface area (Å²) in [6, 6.07) is 7.83. The monoisotopic (exact) mass is 177 g/mol. The lowest BCUT2D eigenvalue weighted by Crippen LogP contribution is -2.01. The highest BCUT2D eigenvalue weighted by atomic mass is 16.5. The highest BCUT2D eigenvalue weighted by molar-refractivity contribution is 5.69. The number of hydrogen-bond acceptors (Lipinski definition) is 2. The van der Waals surface area contributed by atoms with Gasteiger partial charge in [-0.1, -0.05) is 24.3 Å². The molecule has 0 heterocycles. The highest BCUT2D eigenvalue weighted by Crippen LogP contribution is 2.05. The van der Waals surface area contributed by atoms with E-state index in [0.29, 0.717) is 6.42 Å². The zero-order chi connectivity index (χ0) is 9.68. The quantitative estimate of drug-likeness (QED) is 0.660. The molecule has 0 bridgehead atoms. The van der Waals surface area contributed by atoms with E-state index in [1.807, 2.05) is 24.3 Å². The van der Waals surface area contributed by atoms with Gasteiger partial charge in [-0.3, -0.25) is 4.79 Å². The van der Waals surface area contributed by atoms with Crippen LogP contribution in [0.15, 0.2) is 24.3 Å². The first-order valence-corrected chi connectivity index (χ1v) is 4.20. The van der Waals surface area contributed by atoms with Crippen LogP contribution in [-0.2, 0) is 16.0 Å². The van der Waals surface area contributed by atoms with Crippen LogP contribution >= 0.6 is 0 Å². The molecule has 0 aliphatic carbocycles. The molecule has 0 saturated carbocycles. The maximum Gasteiger partial charge on any atom is 0.305 e. The number of hydrogen-bond donors (Lipinski definition) is 0. The van der Waals surface area contributed by atoms with Gasteiger partial charge in [0.05, 0.1) is 7.11 Å². The molecule has 1 radical (unpaired) electrons. The predicted octanol–water partition coefficient (Wildman–Crippen LogP) is 1.97. The Morgan fingerprint density at radius 1 is 1.38 bits per heavy atom. The summed E-state index contributed by atoms with van der Waals surface area (Å²) in [5, 5.41) is 0. The fourth-order valence-corrected chi connectivity index (χ4v) is 1.05. The van der Waals surface area contributed by atoms with Crippen molar-refractivity contribution in [1.82, 2.24) is 0 Å². The molecule has 0 aliphatic rings. The first-order valence-electron chi connectivity index (χ1n) is 4.20. The number of esters is 1. The van der Waals surface area contributed by atoms with E-state index >= 15 is 0 Å². The fraction of sp³-hybridized carbons (Fsp3) is 0.273. The first-order chi connectivity index (χ1) is 6.22. The first kappa shape index (κ1) is 9.78. The van der Waals surface area contributed by atoms with Crippen LogP contribution < -0.4 is 0 Å². The molecule has 0 amide bonds. The van der Waals surface area contributed by atoms with E-state index in [-0.39, 0.29) is 5.97 Å². The Morgan fingerprint density at radius 2 is 2.00 bits per heavy atom. The Morgan fingerprint density at radius 3 is 2.54 bits per heavy atom. The number of carbonyl (C=O) groups excluding carboxylic acids is 1. The minimum Gasteiger partial charge on any atom is -0.469 e. The molecule has 0 aliphatic heterocycles. The maximum atomic E-state index is 10.8. The van der Waals surface area contributed by atoms with Gasteiger partial charge in [0, 0.05) is 6.42 Å². The summed E-state index contributed by atoms with van der Waals surface area (Å²) in [4.78, 5) is 10.8. The van der Waals surface area contributed by atoms with Crippen LogP contribution in [0.3, 0.4) is 0 Å². The molecule has 1 aromatic rings. The van der Waals surface area contributed by atoms with Crippen LogP contribution in [0, 0.1) is 6.92 Å². The Hall–Kier alpha value is -1.31. The molecule has 0 unspecified atom stereocenters. The average Bonchev–Trinajstić information content (AvgIpc) is 2.16. The minimum atomic E-state index is -0.168. The van der Waals surface area contributed by atoms with Crippen molar-refractivity contribution >= 4 is 5.97 Å². The van der Waals surface area contributed by atoms with Gasteiger partial charge in [0.1, 0.15) is 0 Å². The van der Waals surface area contributed by atoms with Crippen LogP contribution in [0.4, 0.5) is 0 Å². The van der Waals surface area contributed by atoms with E-state index in [4.69, 9.17) is 0 Å². The molecule has 2 heteroatoms. The largest absolute Gasteiger partial charge is 0.469 e. The number of aryl methyl sites for hydroxylation is 1. The summed E-state index contributed by atoms with van der Waals surface area (Å²) in [6.45, 7) is 3.78. The molecule has 69 valence electrons. The van der Waals surface area contributed by atoms with Gasteiger partial charge in [0.2, 0.25) is 0 Å². The molecule has 1 rings (SSSR count). The van der Waals surface area contributed by atoms with Crippen LogP contribution in [0.5, 0.6) is 0 Å². The molecule has 13 heavy (non-hydrogen) atoms. The Labute approximate surface area is 78.5 Å². The molecule has 1 aromatic carbocycles. The molecular formula is C11H13O2. The highest BCUT2D eigenvalue weighted by Gasteiger charge is 2.00. The van der Waals surface area contributed by atoms with Crippen LogP contribution in [0.1, 0.15) is 17.5 Å². The second kappa shape index (κ2) is 4.65. The maximum absolute atomic E-state index is 10.8. The SMILES string of the molecule is [CH2]c1ccc(CCC(=O)OC)cc1. The van der Waals surface area contributed by atoms with Gasteiger partial charge in [0.15, 0.2) is 0 Å². The molecule has 0 aromatic heterocycles. The second-order valence-electron chi connectivity index (χ2n) is 2.89. The molecule has 0 saturated heterocycles. The third-order valence-electron chi connectivity index (χ3n) is 1.87. The van der Waals surface area contributed by atoms with E-state index in [1.165, 1.54) is 7.11 Å². The van der Waals surface area contributed by atoms with Gasteiger partial charge >= 0.3 is 5.97 Å². The summed E-state index contributed by atoms with van der Waals surface area (Å²) in [7, 11) is 1.40. The van der Waals surface area contributed by atoms with E-state index in [9.17, 15) is 4.79 Å². The van der Waals surface area contributed by atoms with Gasteiger partial charge in [-0.2, -0.15) is 0 Å². The van der Waals surface area contributed by atoms with Crippen LogP contribution in [0.25, 0.3) is 0 Å². The van der Waals surface area contributed by atoms with Gasteiger partial charge in [-0.15, -0.1) is 0 Å². The summed E-state index contributed by atoms with van der Waals surface area (Å²) < 4.78 is 4.54. The fourth-order valence-electron chi connectivity index (χ4n) is 1.05. The van der Waals surface area contributed by atoms with Gasteiger partial charge in [-0.05, 0) is 24.5 Å². The molecular weight excluding hydrogens is 164 g/mol. The van der Waals surface area contributed by atoms with Crippen molar-refractivity contribution in [3.63, 3.8) is 0 Å². The molecule has 2 nitrogen and oxygen atoms in total. The van der Waals surface area contributed by atoms with E-state index in [0.717, 1.165) is 17.5 Å². The molecule has 0 N–H and O–H groups in total. The van der Waals surface area contributed by atoms with E-state index in [1.54, 1.807) is 0 Å². The van der Waals surface area contributed by atoms with Crippen molar-refractivity contribution in [3.05, 3.63) is 42.3 Å². The van der Waals surface area contributed by atoms with Gasteiger partial charge in [-0.25, -0.2) is 0 Å². The minimum absolute atomic E-state index is 0.168. The van der Waals surface area contributed by atoms with Crippen molar-refractivity contribution in [2.24, 2.45) is 0 Å². The third kappa shape index (κ3) is 3.28. The standard InChI is InChI=1S/C11H13O2/c1-9-3-5-10(6-4-9)7-8-11(12)13-2/h3-6H,1,7-8H2,2H3. The Bertz CT molecular complexity index is 275. The van der Waals surface area contributed by atoms with Crippen molar-refractivity contribution in [1.29, 1.82) is 0 Å². The topological polar surface area (TPSA) is 26.3 Å². The van der Waals surface area contributed by atoms with Crippen molar-refractivity contribution in [2.75, 3.05) is 7.11 Å². The number of ether oxygens (including phenoxy) is 1. The smallest absolute Gasteiger partial charge is 0.305 e. The zero-order valence-electron chi connectivity index (χ0n) is 7.75. The van der Waals surface area contributed by atoms with Gasteiger partial charge in [0.25, 0.3) is 0 Å². The summed E-state index contributed by atoms with van der Waals surface area (Å²) in [6.07, 6.45) is 1.17. The summed E-state index contributed by atoms with van der Waals surface area (Å²) in [5.41, 5.74) is 2.12. The number of carbonyl (C=O) groups is 1. The zero-order valence-corrected chi connectivity index (χ0v) is 7.75. The van der Waals surface area contributed by atoms with Crippen molar-refractivity contribution < 1.29 is 9.53 Å². The predicted molar refractivity (Wildman–Crippen MR) is 51.2 cm³/mol. The number of rotatable bonds is 3. The normalized spacial score (nSPS) is 9.69.